The molecule has 1 aliphatic heterocycles. The van der Waals surface area contributed by atoms with Crippen LogP contribution in [0.3, 0.4) is 0 Å². The van der Waals surface area contributed by atoms with Crippen LogP contribution in [0, 0.1) is 0 Å². The molecule has 1 N–H and O–H groups in total. The lowest BCUT2D eigenvalue weighted by Crippen LogP contribution is -2.53. The Morgan fingerprint density at radius 3 is 2.29 bits per heavy atom. The van der Waals surface area contributed by atoms with E-state index in [2.05, 4.69) is 5.32 Å². The molecular weight excluding hydrogens is 396 g/mol. The maximum Gasteiger partial charge on any atom is 0.412 e. The van der Waals surface area contributed by atoms with E-state index in [1.165, 1.54) is 4.90 Å². The predicted molar refractivity (Wildman–Crippen MR) is 116 cm³/mol. The van der Waals surface area contributed by atoms with E-state index in [-0.39, 0.29) is 6.61 Å². The molecule has 7 nitrogen and oxygen atoms in total. The molecule has 3 rings (SSSR count). The number of rotatable bonds is 6. The number of benzene rings is 2. The number of hydrogen-bond donors (Lipinski definition) is 1. The Morgan fingerprint density at radius 2 is 1.68 bits per heavy atom. The third kappa shape index (κ3) is 7.00. The van der Waals surface area contributed by atoms with Gasteiger partial charge in [-0.2, -0.15) is 0 Å². The molecule has 7 heteroatoms. The van der Waals surface area contributed by atoms with E-state index in [9.17, 15) is 9.59 Å². The molecule has 0 spiro atoms. The van der Waals surface area contributed by atoms with E-state index in [0.717, 1.165) is 11.1 Å². The monoisotopic (exact) mass is 426 g/mol. The first-order valence-corrected chi connectivity index (χ1v) is 10.4. The van der Waals surface area contributed by atoms with Crippen molar-refractivity contribution in [2.75, 3.05) is 13.2 Å². The molecule has 0 radical (unpaired) electrons. The molecule has 166 valence electrons. The van der Waals surface area contributed by atoms with Crippen molar-refractivity contribution in [1.29, 1.82) is 0 Å². The first-order valence-electron chi connectivity index (χ1n) is 10.4. The summed E-state index contributed by atoms with van der Waals surface area (Å²) >= 11 is 0. The highest BCUT2D eigenvalue weighted by molar-refractivity contribution is 5.70. The fourth-order valence-electron chi connectivity index (χ4n) is 3.35. The fraction of sp³-hybridized carbons (Fsp3) is 0.417. The molecule has 2 aromatic carbocycles. The zero-order valence-electron chi connectivity index (χ0n) is 18.2. The van der Waals surface area contributed by atoms with Crippen LogP contribution in [0.1, 0.15) is 31.9 Å². The molecule has 1 aliphatic rings. The van der Waals surface area contributed by atoms with Gasteiger partial charge in [-0.1, -0.05) is 60.7 Å². The molecule has 2 atom stereocenters. The van der Waals surface area contributed by atoms with Crippen molar-refractivity contribution in [3.63, 3.8) is 0 Å². The maximum absolute atomic E-state index is 12.7. The van der Waals surface area contributed by atoms with Crippen molar-refractivity contribution >= 4 is 12.2 Å². The van der Waals surface area contributed by atoms with E-state index in [1.54, 1.807) is 0 Å². The van der Waals surface area contributed by atoms with Gasteiger partial charge in [-0.15, -0.1) is 0 Å². The van der Waals surface area contributed by atoms with Gasteiger partial charge < -0.3 is 19.5 Å². The second-order valence-corrected chi connectivity index (χ2v) is 8.44. The van der Waals surface area contributed by atoms with Gasteiger partial charge in [0.05, 0.1) is 19.2 Å². The topological polar surface area (TPSA) is 77.1 Å². The normalized spacial score (nSPS) is 17.1. The van der Waals surface area contributed by atoms with Gasteiger partial charge in [-0.25, -0.2) is 9.59 Å². The largest absolute Gasteiger partial charge is 0.445 e. The van der Waals surface area contributed by atoms with Gasteiger partial charge in [0, 0.05) is 0 Å². The molecule has 2 amide bonds. The molecule has 31 heavy (non-hydrogen) atoms. The highest BCUT2D eigenvalue weighted by Gasteiger charge is 2.39. The second-order valence-electron chi connectivity index (χ2n) is 8.44. The van der Waals surface area contributed by atoms with Gasteiger partial charge in [0.1, 0.15) is 12.2 Å². The van der Waals surface area contributed by atoms with Gasteiger partial charge in [0.2, 0.25) is 0 Å². The van der Waals surface area contributed by atoms with Crippen molar-refractivity contribution < 1.29 is 23.8 Å². The lowest BCUT2D eigenvalue weighted by Gasteiger charge is -2.32. The summed E-state index contributed by atoms with van der Waals surface area (Å²) in [5.41, 5.74) is 1.28. The van der Waals surface area contributed by atoms with Crippen LogP contribution in [-0.4, -0.2) is 48.1 Å². The van der Waals surface area contributed by atoms with Crippen molar-refractivity contribution in [2.45, 2.75) is 51.7 Å². The lowest BCUT2D eigenvalue weighted by atomic mass is 10.0. The van der Waals surface area contributed by atoms with E-state index >= 15 is 0 Å². The lowest BCUT2D eigenvalue weighted by molar-refractivity contribution is -0.0234. The van der Waals surface area contributed by atoms with Crippen LogP contribution in [0.15, 0.2) is 60.7 Å². The fourth-order valence-corrected chi connectivity index (χ4v) is 3.35. The van der Waals surface area contributed by atoms with Crippen molar-refractivity contribution in [3.05, 3.63) is 71.8 Å². The third-order valence-corrected chi connectivity index (χ3v) is 4.71. The minimum Gasteiger partial charge on any atom is -0.445 e. The highest BCUT2D eigenvalue weighted by atomic mass is 16.6. The van der Waals surface area contributed by atoms with Crippen LogP contribution in [-0.2, 0) is 27.2 Å². The zero-order valence-corrected chi connectivity index (χ0v) is 18.2. The molecule has 2 aromatic rings. The minimum absolute atomic E-state index is 0.159. The average Bonchev–Trinajstić information content (AvgIpc) is 3.22. The summed E-state index contributed by atoms with van der Waals surface area (Å²) in [4.78, 5) is 26.8. The second kappa shape index (κ2) is 10.3. The smallest absolute Gasteiger partial charge is 0.412 e. The van der Waals surface area contributed by atoms with E-state index in [0.29, 0.717) is 19.6 Å². The Balaban J connectivity index is 1.70. The zero-order chi connectivity index (χ0) is 22.3. The Labute approximate surface area is 183 Å². The van der Waals surface area contributed by atoms with Crippen LogP contribution < -0.4 is 5.32 Å². The summed E-state index contributed by atoms with van der Waals surface area (Å²) in [5, 5.41) is 2.89. The van der Waals surface area contributed by atoms with Crippen LogP contribution in [0.5, 0.6) is 0 Å². The summed E-state index contributed by atoms with van der Waals surface area (Å²) in [6.07, 6.45) is -1.21. The number of carbonyl (C=O) groups is 2. The molecular formula is C24H30N2O5. The number of amides is 2. The van der Waals surface area contributed by atoms with Gasteiger partial charge in [-0.3, -0.25) is 4.90 Å². The molecule has 0 bridgehead atoms. The Bertz CT molecular complexity index is 851. The van der Waals surface area contributed by atoms with E-state index in [4.69, 9.17) is 14.2 Å². The summed E-state index contributed by atoms with van der Waals surface area (Å²) in [6, 6.07) is 18.7. The molecule has 1 heterocycles. The van der Waals surface area contributed by atoms with Crippen LogP contribution in [0.2, 0.25) is 0 Å². The number of nitrogens with one attached hydrogen (secondary N) is 1. The summed E-state index contributed by atoms with van der Waals surface area (Å²) in [6.45, 7) is 6.38. The van der Waals surface area contributed by atoms with Crippen LogP contribution in [0.4, 0.5) is 9.59 Å². The highest BCUT2D eigenvalue weighted by Crippen LogP contribution is 2.21. The summed E-state index contributed by atoms with van der Waals surface area (Å²) in [7, 11) is 0. The van der Waals surface area contributed by atoms with Crippen LogP contribution in [0.25, 0.3) is 0 Å². The molecule has 0 aliphatic carbocycles. The summed E-state index contributed by atoms with van der Waals surface area (Å²) in [5.74, 6) is 0. The van der Waals surface area contributed by atoms with Crippen molar-refractivity contribution in [2.24, 2.45) is 0 Å². The number of ether oxygens (including phenoxy) is 3. The van der Waals surface area contributed by atoms with Gasteiger partial charge >= 0.3 is 12.2 Å². The maximum atomic E-state index is 12.7. The minimum atomic E-state index is -0.653. The SMILES string of the molecule is CC(C)(C)OC(=O)N1CCOC1[C@H](Cc1ccccc1)NC(=O)OCc1ccccc1. The summed E-state index contributed by atoms with van der Waals surface area (Å²) < 4.78 is 16.8. The molecule has 1 unspecified atom stereocenters. The third-order valence-electron chi connectivity index (χ3n) is 4.71. The van der Waals surface area contributed by atoms with Crippen molar-refractivity contribution in [1.82, 2.24) is 10.2 Å². The molecule has 0 saturated carbocycles. The van der Waals surface area contributed by atoms with Gasteiger partial charge in [0.25, 0.3) is 0 Å². The average molecular weight is 427 g/mol. The molecule has 1 saturated heterocycles. The quantitative estimate of drug-likeness (QED) is 0.752. The van der Waals surface area contributed by atoms with E-state index < -0.39 is 30.1 Å². The predicted octanol–water partition coefficient (Wildman–Crippen LogP) is 4.12. The Kier molecular flexibility index (Phi) is 7.52. The van der Waals surface area contributed by atoms with E-state index in [1.807, 2.05) is 81.4 Å². The van der Waals surface area contributed by atoms with Gasteiger partial charge in [-0.05, 0) is 38.3 Å². The Morgan fingerprint density at radius 1 is 1.06 bits per heavy atom. The van der Waals surface area contributed by atoms with Crippen molar-refractivity contribution in [3.8, 4) is 0 Å². The number of alkyl carbamates (subject to hydrolysis) is 1. The number of carbonyl (C=O) groups excluding carboxylic acids is 2. The molecule has 0 aromatic heterocycles. The number of nitrogens with zero attached hydrogens (tertiary/aromatic N) is 1. The first kappa shape index (κ1) is 22.6. The van der Waals surface area contributed by atoms with Crippen LogP contribution >= 0.6 is 0 Å². The number of hydrogen-bond acceptors (Lipinski definition) is 5. The molecule has 1 fully saturated rings. The van der Waals surface area contributed by atoms with Gasteiger partial charge in [0.15, 0.2) is 6.23 Å². The first-order chi connectivity index (χ1) is 14.8. The standard InChI is InChI=1S/C24H30N2O5/c1-24(2,3)31-23(28)26-14-15-29-21(26)20(16-18-10-6-4-7-11-18)25-22(27)30-17-19-12-8-5-9-13-19/h4-13,20-21H,14-17H2,1-3H3,(H,25,27)/t20-,21?/m0/s1. The Hall–Kier alpha value is -3.06.